The van der Waals surface area contributed by atoms with Crippen LogP contribution in [0.4, 0.5) is 0 Å². The standard InChI is InChI=1S/C23H31Si.3ClH.Ti/c1-3-24(4-2,18-12-6-5-7-13-18)23-21-16-10-8-14-19(21)20-15-9-11-17-22(20)23;;;;/h5-8,10,12-14,16-17,19-23H,3-4,9,11,15H2,1-2H3;3*1H;/q;;;;+3/p-3. The number of benzene rings is 1. The summed E-state index contributed by atoms with van der Waals surface area (Å²) in [5.74, 6) is 3.50. The van der Waals surface area contributed by atoms with Gasteiger partial charge in [-0.3, -0.25) is 0 Å². The molecule has 152 valence electrons. The van der Waals surface area contributed by atoms with Gasteiger partial charge in [-0.1, -0.05) is 0 Å². The van der Waals surface area contributed by atoms with E-state index in [4.69, 9.17) is 0 Å². The molecule has 0 radical (unpaired) electrons. The predicted octanol–water partition coefficient (Wildman–Crippen LogP) is -3.11. The summed E-state index contributed by atoms with van der Waals surface area (Å²) >= 11 is 2.57. The molecule has 1 aromatic rings. The SMILES string of the molecule is CC[Si](CC)(c1ccccc1)C1C2C=CC=CC2C2CCC[CH]([Ti+3])C21.[Cl-].[Cl-].[Cl-]. The van der Waals surface area contributed by atoms with E-state index in [0.29, 0.717) is 0 Å². The summed E-state index contributed by atoms with van der Waals surface area (Å²) in [7, 11) is -1.53. The van der Waals surface area contributed by atoms with E-state index in [2.05, 4.69) is 88.9 Å². The quantitative estimate of drug-likeness (QED) is 0.393. The van der Waals surface area contributed by atoms with Crippen LogP contribution in [0.25, 0.3) is 0 Å². The molecule has 0 aromatic heterocycles. The molecule has 0 aliphatic heterocycles. The third-order valence-electron chi connectivity index (χ3n) is 7.81. The van der Waals surface area contributed by atoms with Gasteiger partial charge in [0.05, 0.1) is 0 Å². The van der Waals surface area contributed by atoms with Crippen LogP contribution in [0.1, 0.15) is 33.1 Å². The van der Waals surface area contributed by atoms with Crippen LogP contribution in [-0.2, 0) is 20.4 Å². The molecular weight excluding hydrogens is 459 g/mol. The Morgan fingerprint density at radius 2 is 1.50 bits per heavy atom. The summed E-state index contributed by atoms with van der Waals surface area (Å²) < 4.78 is 0.907. The number of allylic oxidation sites excluding steroid dienone is 4. The number of hydrogen-bond acceptors (Lipinski definition) is 0. The van der Waals surface area contributed by atoms with Crippen molar-refractivity contribution in [3.8, 4) is 0 Å². The molecule has 28 heavy (non-hydrogen) atoms. The van der Waals surface area contributed by atoms with Crippen LogP contribution in [0.15, 0.2) is 54.6 Å². The van der Waals surface area contributed by atoms with Gasteiger partial charge in [0.25, 0.3) is 0 Å². The minimum absolute atomic E-state index is 0. The first-order valence-corrected chi connectivity index (χ1v) is 13.7. The Morgan fingerprint density at radius 1 is 0.893 bits per heavy atom. The normalized spacial score (nSPS) is 33.0. The Kier molecular flexibility index (Phi) is 10.6. The van der Waals surface area contributed by atoms with E-state index < -0.39 is 8.07 Å². The van der Waals surface area contributed by atoms with Gasteiger partial charge < -0.3 is 37.2 Å². The molecule has 0 amide bonds. The first-order valence-electron chi connectivity index (χ1n) is 10.3. The van der Waals surface area contributed by atoms with Gasteiger partial charge in [-0.2, -0.15) is 0 Å². The Labute approximate surface area is 203 Å². The second-order valence-electron chi connectivity index (χ2n) is 8.46. The van der Waals surface area contributed by atoms with E-state index in [9.17, 15) is 0 Å². The molecule has 0 nitrogen and oxygen atoms in total. The molecule has 4 rings (SSSR count). The molecule has 0 saturated heterocycles. The van der Waals surface area contributed by atoms with Crippen molar-refractivity contribution in [1.29, 1.82) is 0 Å². The van der Waals surface area contributed by atoms with Crippen LogP contribution < -0.4 is 42.4 Å². The van der Waals surface area contributed by atoms with Crippen molar-refractivity contribution in [2.24, 2.45) is 23.7 Å². The fourth-order valence-electron chi connectivity index (χ4n) is 6.74. The molecule has 6 atom stereocenters. The van der Waals surface area contributed by atoms with E-state index in [1.807, 2.05) is 0 Å². The average Bonchev–Trinajstić information content (AvgIpc) is 3.01. The number of halogens is 3. The van der Waals surface area contributed by atoms with Crippen LogP contribution in [0, 0.1) is 23.7 Å². The van der Waals surface area contributed by atoms with Crippen LogP contribution in [-0.4, -0.2) is 8.07 Å². The smallest absolute Gasteiger partial charge is 1.00 e. The third kappa shape index (κ3) is 4.27. The van der Waals surface area contributed by atoms with Crippen molar-refractivity contribution < 1.29 is 57.7 Å². The van der Waals surface area contributed by atoms with Gasteiger partial charge in [0, 0.05) is 0 Å². The Morgan fingerprint density at radius 3 is 2.11 bits per heavy atom. The maximum absolute atomic E-state index is 2.61. The molecule has 2 saturated carbocycles. The summed E-state index contributed by atoms with van der Waals surface area (Å²) in [5.41, 5.74) is 0.927. The minimum atomic E-state index is -1.53. The second-order valence-corrected chi connectivity index (χ2v) is 14.6. The van der Waals surface area contributed by atoms with Gasteiger partial charge in [0.15, 0.2) is 0 Å². The zero-order valence-electron chi connectivity index (χ0n) is 16.8. The third-order valence-corrected chi connectivity index (χ3v) is 14.9. The van der Waals surface area contributed by atoms with Gasteiger partial charge >= 0.3 is 167 Å². The maximum atomic E-state index is 2.61. The summed E-state index contributed by atoms with van der Waals surface area (Å²) in [6, 6.07) is 14.5. The summed E-state index contributed by atoms with van der Waals surface area (Å²) in [6.45, 7) is 5.00. The minimum Gasteiger partial charge on any atom is -1.00 e. The number of hydrogen-bond donors (Lipinski definition) is 0. The van der Waals surface area contributed by atoms with Crippen LogP contribution in [0.5, 0.6) is 0 Å². The first kappa shape index (κ1) is 26.5. The Balaban J connectivity index is 0.00000131. The number of fused-ring (bicyclic) bond motifs is 3. The monoisotopic (exact) mass is 488 g/mol. The van der Waals surface area contributed by atoms with Crippen LogP contribution >= 0.6 is 0 Å². The van der Waals surface area contributed by atoms with Crippen molar-refractivity contribution in [1.82, 2.24) is 0 Å². The van der Waals surface area contributed by atoms with E-state index in [0.717, 1.165) is 33.4 Å². The van der Waals surface area contributed by atoms with E-state index in [1.54, 1.807) is 5.19 Å². The zero-order chi connectivity index (χ0) is 17.4. The molecule has 3 aliphatic rings. The molecular formula is C23H31Cl3SiTi. The molecule has 0 spiro atoms. The fraction of sp³-hybridized carbons (Fsp3) is 0.565. The van der Waals surface area contributed by atoms with E-state index >= 15 is 0 Å². The molecule has 5 heteroatoms. The zero-order valence-corrected chi connectivity index (χ0v) is 21.7. The van der Waals surface area contributed by atoms with Gasteiger partial charge in [-0.25, -0.2) is 0 Å². The van der Waals surface area contributed by atoms with Crippen molar-refractivity contribution in [3.05, 3.63) is 54.6 Å². The van der Waals surface area contributed by atoms with E-state index in [1.165, 1.54) is 31.4 Å². The first-order chi connectivity index (χ1) is 12.2. The Hall–Kier alpha value is 0.501. The predicted molar refractivity (Wildman–Crippen MR) is 106 cm³/mol. The summed E-state index contributed by atoms with van der Waals surface area (Å²) in [4.78, 5) is 0. The fourth-order valence-corrected chi connectivity index (χ4v) is 13.9. The van der Waals surface area contributed by atoms with Gasteiger partial charge in [0.1, 0.15) is 0 Å². The molecule has 0 heterocycles. The maximum Gasteiger partial charge on any atom is -1.00 e. The van der Waals surface area contributed by atoms with Crippen molar-refractivity contribution in [2.75, 3.05) is 0 Å². The molecule has 0 N–H and O–H groups in total. The summed E-state index contributed by atoms with van der Waals surface area (Å²) in [5, 5.41) is 1.73. The van der Waals surface area contributed by atoms with Crippen molar-refractivity contribution >= 4 is 13.3 Å². The molecule has 1 aromatic carbocycles. The Bertz CT molecular complexity index is 659. The van der Waals surface area contributed by atoms with E-state index in [-0.39, 0.29) is 37.2 Å². The molecule has 6 unspecified atom stereocenters. The van der Waals surface area contributed by atoms with Gasteiger partial charge in [-0.05, 0) is 0 Å². The molecule has 3 aliphatic carbocycles. The molecule has 2 fully saturated rings. The van der Waals surface area contributed by atoms with Crippen molar-refractivity contribution in [2.45, 2.75) is 55.0 Å². The van der Waals surface area contributed by atoms with Crippen LogP contribution in [0.3, 0.4) is 0 Å². The summed E-state index contributed by atoms with van der Waals surface area (Å²) in [6.07, 6.45) is 14.3. The van der Waals surface area contributed by atoms with Crippen LogP contribution in [0.2, 0.25) is 21.9 Å². The second kappa shape index (κ2) is 11.2. The largest absolute Gasteiger partial charge is 1.00 e. The van der Waals surface area contributed by atoms with Crippen molar-refractivity contribution in [3.63, 3.8) is 0 Å². The van der Waals surface area contributed by atoms with Gasteiger partial charge in [0.2, 0.25) is 0 Å². The topological polar surface area (TPSA) is 0 Å². The molecule has 0 bridgehead atoms. The average molecular weight is 490 g/mol. The van der Waals surface area contributed by atoms with Gasteiger partial charge in [-0.15, -0.1) is 0 Å². The number of rotatable bonds is 4.